The molecule has 0 amide bonds. The first-order valence-electron chi connectivity index (χ1n) is 11.8. The average molecular weight is 539 g/mol. The van der Waals surface area contributed by atoms with Gasteiger partial charge in [-0.25, -0.2) is 10.0 Å². The van der Waals surface area contributed by atoms with Crippen LogP contribution >= 0.6 is 15.9 Å². The zero-order valence-corrected chi connectivity index (χ0v) is 22.4. The maximum atomic E-state index is 6.14. The summed E-state index contributed by atoms with van der Waals surface area (Å²) >= 11 is 3.53. The molecule has 0 aromatic heterocycles. The molecule has 5 nitrogen and oxygen atoms in total. The van der Waals surface area contributed by atoms with Gasteiger partial charge < -0.3 is 14.4 Å². The van der Waals surface area contributed by atoms with Gasteiger partial charge in [0.2, 0.25) is 11.8 Å². The lowest BCUT2D eigenvalue weighted by Gasteiger charge is -2.36. The Labute approximate surface area is 218 Å². The van der Waals surface area contributed by atoms with Gasteiger partial charge in [-0.2, -0.15) is 0 Å². The topological polar surface area (TPSA) is 28.2 Å². The molecule has 0 spiro atoms. The van der Waals surface area contributed by atoms with Crippen LogP contribution in [0, 0.1) is 0 Å². The summed E-state index contributed by atoms with van der Waals surface area (Å²) in [4.78, 5) is 2.40. The Kier molecular flexibility index (Phi) is 9.49. The minimum atomic E-state index is 0.182. The van der Waals surface area contributed by atoms with Gasteiger partial charge in [0.25, 0.3) is 0 Å². The number of hydrogen-bond donors (Lipinski definition) is 0. The van der Waals surface area contributed by atoms with Crippen molar-refractivity contribution in [2.75, 3.05) is 31.2 Å². The van der Waals surface area contributed by atoms with E-state index >= 15 is 0 Å². The van der Waals surface area contributed by atoms with Crippen molar-refractivity contribution in [1.82, 2.24) is 10.0 Å². The zero-order valence-electron chi connectivity index (χ0n) is 20.8. The van der Waals surface area contributed by atoms with Crippen molar-refractivity contribution in [3.8, 4) is 0 Å². The maximum absolute atomic E-state index is 6.14. The number of benzene rings is 1. The van der Waals surface area contributed by atoms with Crippen LogP contribution < -0.4 is 4.90 Å². The quantitative estimate of drug-likeness (QED) is 0.218. The highest BCUT2D eigenvalue weighted by molar-refractivity contribution is 9.10. The third-order valence-corrected chi connectivity index (χ3v) is 6.49. The van der Waals surface area contributed by atoms with Crippen LogP contribution in [0.3, 0.4) is 0 Å². The first kappa shape index (κ1) is 26.5. The van der Waals surface area contributed by atoms with Crippen LogP contribution in [-0.2, 0) is 9.47 Å². The molecule has 2 heterocycles. The fourth-order valence-electron chi connectivity index (χ4n) is 4.33. The van der Waals surface area contributed by atoms with E-state index in [9.17, 15) is 0 Å². The van der Waals surface area contributed by atoms with E-state index in [0.29, 0.717) is 25.0 Å². The molecule has 0 saturated carbocycles. The third-order valence-electron chi connectivity index (χ3n) is 5.96. The van der Waals surface area contributed by atoms with E-state index in [1.807, 2.05) is 44.2 Å². The van der Waals surface area contributed by atoms with Gasteiger partial charge in [0.1, 0.15) is 13.2 Å². The largest absolute Gasteiger partial charge is 0.474 e. The number of halogens is 1. The van der Waals surface area contributed by atoms with Crippen LogP contribution in [0.15, 0.2) is 114 Å². The summed E-state index contributed by atoms with van der Waals surface area (Å²) in [6.45, 7) is 22.9. The number of allylic oxidation sites excluding steroid dienone is 5. The maximum Gasteiger partial charge on any atom is 0.201 e. The molecule has 0 aliphatic carbocycles. The van der Waals surface area contributed by atoms with Gasteiger partial charge in [-0.1, -0.05) is 65.5 Å². The van der Waals surface area contributed by atoms with Gasteiger partial charge in [-0.05, 0) is 68.8 Å². The van der Waals surface area contributed by atoms with Crippen molar-refractivity contribution in [3.05, 3.63) is 114 Å². The SMILES string of the molecule is C=C/C=C\C(=C)COC(=C)N1C2CC(CN(c3ccc(Br)cc3)C2)N1C(=C)OC/C(C)=C/C=C\C. The van der Waals surface area contributed by atoms with Crippen LogP contribution in [0.5, 0.6) is 0 Å². The molecule has 1 aromatic carbocycles. The van der Waals surface area contributed by atoms with E-state index < -0.39 is 0 Å². The summed E-state index contributed by atoms with van der Waals surface area (Å²) in [6.07, 6.45) is 12.5. The number of anilines is 1. The highest BCUT2D eigenvalue weighted by atomic mass is 79.9. The molecule has 6 heteroatoms. The molecule has 2 aliphatic rings. The molecule has 2 atom stereocenters. The van der Waals surface area contributed by atoms with Crippen LogP contribution in [-0.4, -0.2) is 48.4 Å². The van der Waals surface area contributed by atoms with E-state index in [-0.39, 0.29) is 12.1 Å². The Balaban J connectivity index is 1.78. The second-order valence-electron chi connectivity index (χ2n) is 8.77. The Morgan fingerprint density at radius 2 is 1.60 bits per heavy atom. The predicted molar refractivity (Wildman–Crippen MR) is 149 cm³/mol. The molecule has 2 aliphatic heterocycles. The number of hydrazine groups is 1. The van der Waals surface area contributed by atoms with Crippen molar-refractivity contribution in [1.29, 1.82) is 0 Å². The number of nitrogens with zero attached hydrogens (tertiary/aromatic N) is 3. The minimum absolute atomic E-state index is 0.182. The minimum Gasteiger partial charge on any atom is -0.474 e. The van der Waals surface area contributed by atoms with E-state index in [2.05, 4.69) is 81.4 Å². The molecule has 0 N–H and O–H groups in total. The highest BCUT2D eigenvalue weighted by Gasteiger charge is 2.47. The van der Waals surface area contributed by atoms with Crippen molar-refractivity contribution in [2.24, 2.45) is 0 Å². The monoisotopic (exact) mass is 537 g/mol. The summed E-state index contributed by atoms with van der Waals surface area (Å²) < 4.78 is 13.3. The fraction of sp³-hybridized carbons (Fsp3) is 0.310. The van der Waals surface area contributed by atoms with Crippen molar-refractivity contribution >= 4 is 21.6 Å². The van der Waals surface area contributed by atoms with Gasteiger partial charge >= 0.3 is 0 Å². The Hall–Kier alpha value is -3.12. The fourth-order valence-corrected chi connectivity index (χ4v) is 4.59. The van der Waals surface area contributed by atoms with Crippen molar-refractivity contribution < 1.29 is 9.47 Å². The normalized spacial score (nSPS) is 20.0. The molecule has 3 rings (SSSR count). The summed E-state index contributed by atoms with van der Waals surface area (Å²) in [5, 5.41) is 4.23. The average Bonchev–Trinajstić information content (AvgIpc) is 3.12. The second kappa shape index (κ2) is 12.5. The number of rotatable bonds is 12. The Bertz CT molecular complexity index is 1020. The summed E-state index contributed by atoms with van der Waals surface area (Å²) in [6, 6.07) is 8.81. The smallest absolute Gasteiger partial charge is 0.201 e. The molecular formula is C29H36BrN3O2. The number of fused-ring (bicyclic) bond motifs is 2. The van der Waals surface area contributed by atoms with Gasteiger partial charge in [-0.15, -0.1) is 0 Å². The molecule has 1 aromatic rings. The number of hydrogen-bond acceptors (Lipinski definition) is 5. The Morgan fingerprint density at radius 1 is 1.00 bits per heavy atom. The summed E-state index contributed by atoms with van der Waals surface area (Å²) in [5.74, 6) is 1.16. The number of piperidine rings is 1. The third kappa shape index (κ3) is 6.95. The molecule has 35 heavy (non-hydrogen) atoms. The Morgan fingerprint density at radius 3 is 2.17 bits per heavy atom. The number of ether oxygens (including phenoxy) is 2. The van der Waals surface area contributed by atoms with Crippen LogP contribution in [0.4, 0.5) is 5.69 Å². The molecule has 0 radical (unpaired) electrons. The van der Waals surface area contributed by atoms with Gasteiger partial charge in [-0.3, -0.25) is 0 Å². The lowest BCUT2D eigenvalue weighted by atomic mass is 10.0. The molecule has 2 fully saturated rings. The predicted octanol–water partition coefficient (Wildman–Crippen LogP) is 6.73. The first-order valence-corrected chi connectivity index (χ1v) is 12.6. The lowest BCUT2D eigenvalue weighted by Crippen LogP contribution is -2.43. The van der Waals surface area contributed by atoms with Crippen molar-refractivity contribution in [2.45, 2.75) is 32.4 Å². The standard InChI is InChI=1S/C29H36BrN3O2/c1-7-9-11-22(3)20-34-24(5)32-28-17-29(19-31(18-28)27-15-13-26(30)14-16-27)33(32)25(6)35-21-23(4)12-10-8-2/h7-16,28-29H,1,3,5-6,17-21H2,2,4H3/b10-8-,11-9-,23-12+. The van der Waals surface area contributed by atoms with Crippen LogP contribution in [0.2, 0.25) is 0 Å². The van der Waals surface area contributed by atoms with E-state index in [1.54, 1.807) is 6.08 Å². The van der Waals surface area contributed by atoms with E-state index in [4.69, 9.17) is 9.47 Å². The van der Waals surface area contributed by atoms with Crippen LogP contribution in [0.1, 0.15) is 20.3 Å². The second-order valence-corrected chi connectivity index (χ2v) is 9.69. The van der Waals surface area contributed by atoms with Gasteiger partial charge in [0.05, 0.1) is 12.1 Å². The molecule has 2 bridgehead atoms. The highest BCUT2D eigenvalue weighted by Crippen LogP contribution is 2.38. The zero-order chi connectivity index (χ0) is 25.4. The van der Waals surface area contributed by atoms with E-state index in [1.165, 1.54) is 5.69 Å². The molecular weight excluding hydrogens is 502 g/mol. The van der Waals surface area contributed by atoms with Crippen molar-refractivity contribution in [3.63, 3.8) is 0 Å². The first-order chi connectivity index (χ1) is 16.8. The van der Waals surface area contributed by atoms with Crippen LogP contribution in [0.25, 0.3) is 0 Å². The lowest BCUT2D eigenvalue weighted by molar-refractivity contribution is -0.0541. The van der Waals surface area contributed by atoms with Gasteiger partial charge in [0, 0.05) is 23.2 Å². The van der Waals surface area contributed by atoms with E-state index in [0.717, 1.165) is 35.1 Å². The molecule has 186 valence electrons. The summed E-state index contributed by atoms with van der Waals surface area (Å²) in [7, 11) is 0. The summed E-state index contributed by atoms with van der Waals surface area (Å²) in [5.41, 5.74) is 3.15. The molecule has 2 unspecified atom stereocenters. The molecule has 2 saturated heterocycles. The van der Waals surface area contributed by atoms with Gasteiger partial charge in [0.15, 0.2) is 0 Å².